The second-order valence-electron chi connectivity index (χ2n) is 10.2. The number of unbranched alkanes of at least 4 members (excludes halogenated alkanes) is 3. The molecule has 1 atom stereocenters. The average molecular weight is 529 g/mol. The maximum atomic E-state index is 13.0. The van der Waals surface area contributed by atoms with E-state index < -0.39 is 10.0 Å². The third kappa shape index (κ3) is 6.13. The number of aromatic amines is 1. The van der Waals surface area contributed by atoms with Gasteiger partial charge in [-0.15, -0.1) is 0 Å². The van der Waals surface area contributed by atoms with Crippen LogP contribution in [0.1, 0.15) is 75.5 Å². The summed E-state index contributed by atoms with van der Waals surface area (Å²) in [6.07, 6.45) is 7.10. The average Bonchev–Trinajstić information content (AvgIpc) is 3.21. The Labute approximate surface area is 219 Å². The van der Waals surface area contributed by atoms with Gasteiger partial charge in [0.15, 0.2) is 5.65 Å². The van der Waals surface area contributed by atoms with Crippen molar-refractivity contribution in [3.8, 4) is 0 Å². The molecule has 1 saturated heterocycles. The van der Waals surface area contributed by atoms with Gasteiger partial charge in [-0.2, -0.15) is 9.40 Å². The first kappa shape index (κ1) is 27.5. The number of hydrogen-bond acceptors (Lipinski definition) is 6. The molecule has 0 spiro atoms. The lowest BCUT2D eigenvalue weighted by Crippen LogP contribution is -2.46. The minimum atomic E-state index is -3.52. The Hall–Kier alpha value is -2.56. The number of H-pyrrole nitrogens is 1. The van der Waals surface area contributed by atoms with Gasteiger partial charge in [-0.3, -0.25) is 4.79 Å². The molecule has 3 aromatic rings. The number of nitrogens with one attached hydrogen (secondary N) is 1. The van der Waals surface area contributed by atoms with Gasteiger partial charge in [0.2, 0.25) is 10.0 Å². The molecule has 2 aromatic heterocycles. The highest BCUT2D eigenvalue weighted by Crippen LogP contribution is 2.25. The fourth-order valence-electron chi connectivity index (χ4n) is 5.05. The van der Waals surface area contributed by atoms with Crippen molar-refractivity contribution in [1.82, 2.24) is 29.0 Å². The van der Waals surface area contributed by atoms with Crippen LogP contribution in [0.3, 0.4) is 0 Å². The summed E-state index contributed by atoms with van der Waals surface area (Å²) in [7, 11) is -1.52. The molecule has 1 aromatic carbocycles. The van der Waals surface area contributed by atoms with E-state index in [4.69, 9.17) is 10.1 Å². The quantitative estimate of drug-likeness (QED) is 0.379. The Kier molecular flexibility index (Phi) is 8.82. The maximum absolute atomic E-state index is 13.0. The van der Waals surface area contributed by atoms with Crippen LogP contribution in [0.5, 0.6) is 0 Å². The molecular formula is C27H40N6O3S. The highest BCUT2D eigenvalue weighted by atomic mass is 32.2. The molecule has 1 unspecified atom stereocenters. The lowest BCUT2D eigenvalue weighted by atomic mass is 10.1. The Morgan fingerprint density at radius 1 is 1.03 bits per heavy atom. The highest BCUT2D eigenvalue weighted by Gasteiger charge is 2.27. The molecule has 10 heteroatoms. The minimum Gasteiger partial charge on any atom is -0.310 e. The lowest BCUT2D eigenvalue weighted by Gasteiger charge is -2.31. The molecule has 1 N–H and O–H groups in total. The van der Waals surface area contributed by atoms with Crippen molar-refractivity contribution in [1.29, 1.82) is 0 Å². The number of benzene rings is 1. The van der Waals surface area contributed by atoms with Gasteiger partial charge in [0.25, 0.3) is 5.56 Å². The van der Waals surface area contributed by atoms with E-state index in [9.17, 15) is 13.2 Å². The van der Waals surface area contributed by atoms with E-state index in [1.54, 1.807) is 28.6 Å². The number of sulfonamides is 1. The van der Waals surface area contributed by atoms with Crippen molar-refractivity contribution in [2.24, 2.45) is 0 Å². The molecule has 3 heterocycles. The van der Waals surface area contributed by atoms with Crippen molar-refractivity contribution >= 4 is 21.1 Å². The Balaban J connectivity index is 1.55. The zero-order valence-electron chi connectivity index (χ0n) is 22.5. The van der Waals surface area contributed by atoms with E-state index in [1.807, 2.05) is 18.7 Å². The Morgan fingerprint density at radius 2 is 1.73 bits per heavy atom. The van der Waals surface area contributed by atoms with Crippen molar-refractivity contribution in [2.75, 3.05) is 33.2 Å². The largest absolute Gasteiger partial charge is 0.310 e. The predicted molar refractivity (Wildman–Crippen MR) is 146 cm³/mol. The summed E-state index contributed by atoms with van der Waals surface area (Å²) in [4.78, 5) is 23.2. The number of nitrogens with zero attached hydrogens (tertiary/aromatic N) is 5. The topological polar surface area (TPSA) is 104 Å². The summed E-state index contributed by atoms with van der Waals surface area (Å²) < 4.78 is 29.6. The molecule has 1 aliphatic rings. The first-order valence-electron chi connectivity index (χ1n) is 13.5. The number of aromatic nitrogens is 4. The van der Waals surface area contributed by atoms with Crippen LogP contribution in [-0.2, 0) is 16.4 Å². The molecule has 1 fully saturated rings. The Morgan fingerprint density at radius 3 is 2.38 bits per heavy atom. The molecule has 0 radical (unpaired) electrons. The smallest absolute Gasteiger partial charge is 0.262 e. The van der Waals surface area contributed by atoms with Crippen LogP contribution in [-0.4, -0.2) is 70.6 Å². The molecule has 4 rings (SSSR count). The van der Waals surface area contributed by atoms with Gasteiger partial charge in [-0.1, -0.05) is 51.7 Å². The fraction of sp³-hybridized carbons (Fsp3) is 0.593. The fourth-order valence-corrected chi connectivity index (χ4v) is 6.47. The van der Waals surface area contributed by atoms with Crippen LogP contribution in [0.4, 0.5) is 0 Å². The summed E-state index contributed by atoms with van der Waals surface area (Å²) >= 11 is 0. The zero-order chi connectivity index (χ0) is 26.6. The third-order valence-electron chi connectivity index (χ3n) is 7.39. The van der Waals surface area contributed by atoms with Crippen molar-refractivity contribution < 1.29 is 8.42 Å². The summed E-state index contributed by atoms with van der Waals surface area (Å²) in [5.74, 6) is 0.550. The molecule has 0 saturated carbocycles. The van der Waals surface area contributed by atoms with Crippen LogP contribution in [0, 0.1) is 6.92 Å². The van der Waals surface area contributed by atoms with E-state index in [0.29, 0.717) is 47.0 Å². The molecule has 0 bridgehead atoms. The van der Waals surface area contributed by atoms with Gasteiger partial charge >= 0.3 is 0 Å². The van der Waals surface area contributed by atoms with Gasteiger partial charge in [0.05, 0.1) is 16.6 Å². The van der Waals surface area contributed by atoms with Crippen LogP contribution < -0.4 is 5.56 Å². The molecule has 9 nitrogen and oxygen atoms in total. The second-order valence-corrected chi connectivity index (χ2v) is 12.1. The third-order valence-corrected chi connectivity index (χ3v) is 9.30. The molecule has 202 valence electrons. The number of fused-ring (bicyclic) bond motifs is 1. The normalized spacial score (nSPS) is 16.4. The lowest BCUT2D eigenvalue weighted by molar-refractivity contribution is 0.222. The van der Waals surface area contributed by atoms with E-state index in [2.05, 4.69) is 23.7 Å². The summed E-state index contributed by atoms with van der Waals surface area (Å²) in [6.45, 7) is 8.67. The monoisotopic (exact) mass is 528 g/mol. The van der Waals surface area contributed by atoms with Gasteiger partial charge in [0, 0.05) is 32.6 Å². The summed E-state index contributed by atoms with van der Waals surface area (Å²) in [5, 5.41) is 5.26. The van der Waals surface area contributed by atoms with Gasteiger partial charge in [-0.05, 0) is 44.5 Å². The van der Waals surface area contributed by atoms with Crippen molar-refractivity contribution in [3.05, 3.63) is 51.7 Å². The first-order chi connectivity index (χ1) is 17.7. The molecule has 0 amide bonds. The number of rotatable bonds is 11. The molecule has 1 aliphatic heterocycles. The van der Waals surface area contributed by atoms with Crippen LogP contribution in [0.15, 0.2) is 34.0 Å². The first-order valence-corrected chi connectivity index (χ1v) is 14.9. The zero-order valence-corrected chi connectivity index (χ0v) is 23.4. The number of piperazine rings is 1. The number of hydrogen-bond donors (Lipinski definition) is 1. The van der Waals surface area contributed by atoms with Crippen LogP contribution >= 0.6 is 0 Å². The second kappa shape index (κ2) is 11.9. The van der Waals surface area contributed by atoms with Crippen LogP contribution in [0.2, 0.25) is 0 Å². The van der Waals surface area contributed by atoms with Crippen molar-refractivity contribution in [3.63, 3.8) is 0 Å². The number of likely N-dealkylation sites (N-methyl/N-ethyl adjacent to an activating group) is 1. The van der Waals surface area contributed by atoms with Crippen molar-refractivity contribution in [2.45, 2.75) is 76.7 Å². The van der Waals surface area contributed by atoms with E-state index in [-0.39, 0.29) is 11.6 Å². The van der Waals surface area contributed by atoms with Gasteiger partial charge in [0.1, 0.15) is 11.2 Å². The number of aryl methyl sites for hydroxylation is 1. The molecular weight excluding hydrogens is 488 g/mol. The van der Waals surface area contributed by atoms with Crippen LogP contribution in [0.25, 0.3) is 11.0 Å². The highest BCUT2D eigenvalue weighted by molar-refractivity contribution is 7.89. The van der Waals surface area contributed by atoms with E-state index in [0.717, 1.165) is 37.9 Å². The summed E-state index contributed by atoms with van der Waals surface area (Å²) in [6, 6.07) is 7.11. The van der Waals surface area contributed by atoms with Gasteiger partial charge in [-0.25, -0.2) is 18.1 Å². The molecule has 0 aliphatic carbocycles. The van der Waals surface area contributed by atoms with Gasteiger partial charge < -0.3 is 9.88 Å². The minimum absolute atomic E-state index is 0.182. The Bertz CT molecular complexity index is 1360. The van der Waals surface area contributed by atoms with E-state index >= 15 is 0 Å². The maximum Gasteiger partial charge on any atom is 0.262 e. The summed E-state index contributed by atoms with van der Waals surface area (Å²) in [5.41, 5.74) is 2.03. The predicted octanol–water partition coefficient (Wildman–Crippen LogP) is 3.88. The molecule has 37 heavy (non-hydrogen) atoms. The van der Waals surface area contributed by atoms with E-state index in [1.165, 1.54) is 19.3 Å². The standard InChI is InChI=1S/C27H40N6O3S/c1-5-7-8-9-10-22(6-2)33-26-25(20(3)30-33)27(34)29-24(28-26)19-21-11-13-23(14-12-21)37(35,36)32-17-15-31(4)16-18-32/h11-14,22H,5-10,15-19H2,1-4H3,(H,28,29,34). The SMILES string of the molecule is CCCCCCC(CC)n1nc(C)c2c(=O)[nH]c(Cc3ccc(S(=O)(=O)N4CCN(C)CC4)cc3)nc21.